The number of nitrogens with zero attached hydrogens (tertiary/aromatic N) is 1. The van der Waals surface area contributed by atoms with Gasteiger partial charge < -0.3 is 4.90 Å². The van der Waals surface area contributed by atoms with E-state index in [1.165, 1.54) is 48.4 Å². The van der Waals surface area contributed by atoms with Crippen LogP contribution in [0.15, 0.2) is 0 Å². The molecule has 1 aliphatic rings. The lowest BCUT2D eigenvalue weighted by molar-refractivity contribution is 0.298. The van der Waals surface area contributed by atoms with Crippen LogP contribution in [0, 0.1) is 0 Å². The van der Waals surface area contributed by atoms with Crippen molar-refractivity contribution in [2.24, 2.45) is 0 Å². The molecule has 0 unspecified atom stereocenters. The molecule has 1 nitrogen and oxygen atoms in total. The van der Waals surface area contributed by atoms with Crippen LogP contribution < -0.4 is 0 Å². The SMILES string of the molecule is ICCCCN1CCSCC1. The van der Waals surface area contributed by atoms with E-state index in [1.807, 2.05) is 0 Å². The predicted molar refractivity (Wildman–Crippen MR) is 61.9 cm³/mol. The third-order valence-corrected chi connectivity index (χ3v) is 3.67. The molecule has 0 radical (unpaired) electrons. The predicted octanol–water partition coefficient (Wildman–Crippen LogP) is 2.25. The average Bonchev–Trinajstić information content (AvgIpc) is 2.07. The van der Waals surface area contributed by atoms with Crippen molar-refractivity contribution in [3.8, 4) is 0 Å². The molecule has 1 saturated heterocycles. The molecule has 1 aliphatic heterocycles. The number of rotatable bonds is 4. The molecule has 0 bridgehead atoms. The summed E-state index contributed by atoms with van der Waals surface area (Å²) in [5, 5.41) is 0. The van der Waals surface area contributed by atoms with Crippen LogP contribution in [-0.4, -0.2) is 40.5 Å². The van der Waals surface area contributed by atoms with Crippen LogP contribution in [0.5, 0.6) is 0 Å². The standard InChI is InChI=1S/C8H16INS/c9-3-1-2-4-10-5-7-11-8-6-10/h1-8H2. The van der Waals surface area contributed by atoms with E-state index in [2.05, 4.69) is 39.3 Å². The van der Waals surface area contributed by atoms with Gasteiger partial charge in [-0.05, 0) is 23.8 Å². The zero-order valence-corrected chi connectivity index (χ0v) is 9.86. The zero-order chi connectivity index (χ0) is 7.94. The number of halogens is 1. The van der Waals surface area contributed by atoms with Crippen molar-refractivity contribution in [2.75, 3.05) is 35.6 Å². The first-order valence-electron chi connectivity index (χ1n) is 4.29. The molecular weight excluding hydrogens is 269 g/mol. The van der Waals surface area contributed by atoms with E-state index >= 15 is 0 Å². The van der Waals surface area contributed by atoms with Gasteiger partial charge in [0.2, 0.25) is 0 Å². The normalized spacial score (nSPS) is 20.5. The molecule has 11 heavy (non-hydrogen) atoms. The number of unbranched alkanes of at least 4 members (excludes halogenated alkanes) is 1. The maximum absolute atomic E-state index is 2.60. The third-order valence-electron chi connectivity index (χ3n) is 1.96. The summed E-state index contributed by atoms with van der Waals surface area (Å²) in [5.74, 6) is 2.70. The van der Waals surface area contributed by atoms with Gasteiger partial charge in [0.05, 0.1) is 0 Å². The van der Waals surface area contributed by atoms with E-state index in [4.69, 9.17) is 0 Å². The molecule has 0 atom stereocenters. The molecule has 0 N–H and O–H groups in total. The first-order chi connectivity index (χ1) is 5.43. The molecule has 3 heteroatoms. The van der Waals surface area contributed by atoms with Crippen molar-refractivity contribution in [3.05, 3.63) is 0 Å². The van der Waals surface area contributed by atoms with Crippen LogP contribution in [0.1, 0.15) is 12.8 Å². The molecule has 0 amide bonds. The van der Waals surface area contributed by atoms with Gasteiger partial charge in [-0.15, -0.1) is 0 Å². The Hall–Kier alpha value is 1.04. The maximum atomic E-state index is 2.60. The van der Waals surface area contributed by atoms with Crippen LogP contribution in [0.25, 0.3) is 0 Å². The fraction of sp³-hybridized carbons (Fsp3) is 1.00. The highest BCUT2D eigenvalue weighted by Gasteiger charge is 2.08. The third kappa shape index (κ3) is 4.58. The quantitative estimate of drug-likeness (QED) is 0.443. The van der Waals surface area contributed by atoms with Gasteiger partial charge in [-0.2, -0.15) is 11.8 Å². The monoisotopic (exact) mass is 285 g/mol. The smallest absolute Gasteiger partial charge is 0.00727 e. The van der Waals surface area contributed by atoms with Gasteiger partial charge >= 0.3 is 0 Å². The fourth-order valence-electron chi connectivity index (χ4n) is 1.25. The summed E-state index contributed by atoms with van der Waals surface area (Å²) < 4.78 is 1.32. The summed E-state index contributed by atoms with van der Waals surface area (Å²) in [7, 11) is 0. The molecule has 0 spiro atoms. The minimum absolute atomic E-state index is 1.32. The van der Waals surface area contributed by atoms with Gasteiger partial charge in [-0.25, -0.2) is 0 Å². The van der Waals surface area contributed by atoms with Crippen molar-refractivity contribution >= 4 is 34.4 Å². The van der Waals surface area contributed by atoms with E-state index in [9.17, 15) is 0 Å². The van der Waals surface area contributed by atoms with Gasteiger partial charge in [0.25, 0.3) is 0 Å². The van der Waals surface area contributed by atoms with E-state index in [1.54, 1.807) is 0 Å². The molecule has 1 heterocycles. The summed E-state index contributed by atoms with van der Waals surface area (Å²) >= 11 is 4.55. The molecule has 0 aromatic carbocycles. The van der Waals surface area contributed by atoms with Crippen LogP contribution >= 0.6 is 34.4 Å². The lowest BCUT2D eigenvalue weighted by atomic mass is 10.3. The number of hydrogen-bond acceptors (Lipinski definition) is 2. The molecule has 66 valence electrons. The van der Waals surface area contributed by atoms with Crippen molar-refractivity contribution < 1.29 is 0 Å². The second kappa shape index (κ2) is 6.54. The molecule has 1 fully saturated rings. The van der Waals surface area contributed by atoms with Gasteiger partial charge in [0, 0.05) is 24.6 Å². The minimum atomic E-state index is 1.32. The molecule has 0 aromatic rings. The fourth-order valence-corrected chi connectivity index (χ4v) is 2.77. The summed E-state index contributed by atoms with van der Waals surface area (Å²) in [4.78, 5) is 2.60. The maximum Gasteiger partial charge on any atom is 0.00727 e. The molecule has 0 aromatic heterocycles. The highest BCUT2D eigenvalue weighted by Crippen LogP contribution is 2.09. The number of alkyl halides is 1. The van der Waals surface area contributed by atoms with Crippen LogP contribution in [0.3, 0.4) is 0 Å². The first kappa shape index (κ1) is 10.1. The number of thioether (sulfide) groups is 1. The first-order valence-corrected chi connectivity index (χ1v) is 6.97. The Bertz CT molecular complexity index is 94.1. The Labute approximate surface area is 87.4 Å². The van der Waals surface area contributed by atoms with E-state index < -0.39 is 0 Å². The van der Waals surface area contributed by atoms with E-state index in [0.717, 1.165) is 0 Å². The molecule has 0 aliphatic carbocycles. The van der Waals surface area contributed by atoms with Crippen LogP contribution in [0.4, 0.5) is 0 Å². The van der Waals surface area contributed by atoms with Crippen LogP contribution in [0.2, 0.25) is 0 Å². The Morgan fingerprint density at radius 3 is 2.55 bits per heavy atom. The van der Waals surface area contributed by atoms with Crippen molar-refractivity contribution in [3.63, 3.8) is 0 Å². The Morgan fingerprint density at radius 1 is 1.18 bits per heavy atom. The Balaban J connectivity index is 1.96. The second-order valence-electron chi connectivity index (χ2n) is 2.85. The van der Waals surface area contributed by atoms with Gasteiger partial charge in [-0.1, -0.05) is 22.6 Å². The second-order valence-corrected chi connectivity index (χ2v) is 5.15. The van der Waals surface area contributed by atoms with Gasteiger partial charge in [-0.3, -0.25) is 0 Å². The summed E-state index contributed by atoms with van der Waals surface area (Å²) in [5.41, 5.74) is 0. The summed E-state index contributed by atoms with van der Waals surface area (Å²) in [6, 6.07) is 0. The molecule has 1 rings (SSSR count). The topological polar surface area (TPSA) is 3.24 Å². The summed E-state index contributed by atoms with van der Waals surface area (Å²) in [6.07, 6.45) is 2.79. The number of hydrogen-bond donors (Lipinski definition) is 0. The summed E-state index contributed by atoms with van der Waals surface area (Å²) in [6.45, 7) is 3.99. The van der Waals surface area contributed by atoms with E-state index in [-0.39, 0.29) is 0 Å². The Kier molecular flexibility index (Phi) is 6.02. The Morgan fingerprint density at radius 2 is 1.91 bits per heavy atom. The lowest BCUT2D eigenvalue weighted by Gasteiger charge is -2.25. The average molecular weight is 285 g/mol. The zero-order valence-electron chi connectivity index (χ0n) is 6.89. The van der Waals surface area contributed by atoms with Crippen LogP contribution in [-0.2, 0) is 0 Å². The van der Waals surface area contributed by atoms with Gasteiger partial charge in [0.15, 0.2) is 0 Å². The highest BCUT2D eigenvalue weighted by atomic mass is 127. The van der Waals surface area contributed by atoms with Crippen molar-refractivity contribution in [2.45, 2.75) is 12.8 Å². The minimum Gasteiger partial charge on any atom is -0.302 e. The highest BCUT2D eigenvalue weighted by molar-refractivity contribution is 14.1. The van der Waals surface area contributed by atoms with Gasteiger partial charge in [0.1, 0.15) is 0 Å². The van der Waals surface area contributed by atoms with Crippen molar-refractivity contribution in [1.29, 1.82) is 0 Å². The lowest BCUT2D eigenvalue weighted by Crippen LogP contribution is -2.33. The molecule has 0 saturated carbocycles. The van der Waals surface area contributed by atoms with E-state index in [0.29, 0.717) is 0 Å². The largest absolute Gasteiger partial charge is 0.302 e. The van der Waals surface area contributed by atoms with Crippen molar-refractivity contribution in [1.82, 2.24) is 4.90 Å². The molecular formula is C8H16INS.